The van der Waals surface area contributed by atoms with Gasteiger partial charge in [0.15, 0.2) is 0 Å². The monoisotopic (exact) mass is 319 g/mol. The predicted molar refractivity (Wildman–Crippen MR) is 87.8 cm³/mol. The summed E-state index contributed by atoms with van der Waals surface area (Å²) < 4.78 is 19.0. The van der Waals surface area contributed by atoms with Crippen LogP contribution < -0.4 is 0 Å². The van der Waals surface area contributed by atoms with Gasteiger partial charge in [-0.25, -0.2) is 4.39 Å². The van der Waals surface area contributed by atoms with E-state index < -0.39 is 5.41 Å². The van der Waals surface area contributed by atoms with Crippen molar-refractivity contribution in [1.82, 2.24) is 4.90 Å². The van der Waals surface area contributed by atoms with E-state index in [4.69, 9.17) is 4.74 Å². The van der Waals surface area contributed by atoms with Gasteiger partial charge in [-0.1, -0.05) is 31.4 Å². The minimum atomic E-state index is -0.569. The van der Waals surface area contributed by atoms with Crippen molar-refractivity contribution in [1.29, 1.82) is 0 Å². The molecule has 1 aliphatic heterocycles. The van der Waals surface area contributed by atoms with Crippen LogP contribution in [0.2, 0.25) is 0 Å². The molecule has 1 heterocycles. The lowest BCUT2D eigenvalue weighted by atomic mass is 9.79. The number of nitrogens with zero attached hydrogens (tertiary/aromatic N) is 1. The molecule has 0 unspecified atom stereocenters. The number of likely N-dealkylation sites (tertiary alicyclic amines) is 1. The molecule has 1 atom stereocenters. The van der Waals surface area contributed by atoms with Gasteiger partial charge in [-0.3, -0.25) is 4.79 Å². The quantitative estimate of drug-likeness (QED) is 0.793. The van der Waals surface area contributed by atoms with Gasteiger partial charge in [0.05, 0.1) is 5.41 Å². The number of halogens is 1. The van der Waals surface area contributed by atoms with Gasteiger partial charge in [-0.05, 0) is 57.0 Å². The molecule has 4 heteroatoms. The summed E-state index contributed by atoms with van der Waals surface area (Å²) in [5.74, 6) is -0.389. The largest absolute Gasteiger partial charge is 0.463 e. The molecule has 1 aromatic carbocycles. The lowest BCUT2D eigenvalue weighted by Gasteiger charge is -2.33. The van der Waals surface area contributed by atoms with Crippen LogP contribution in [-0.4, -0.2) is 37.1 Å². The Bertz CT molecular complexity index is 537. The third-order valence-electron chi connectivity index (χ3n) is 5.57. The first kappa shape index (κ1) is 16.4. The average Bonchev–Trinajstić information content (AvgIpc) is 3.05. The number of esters is 1. The van der Waals surface area contributed by atoms with E-state index in [0.717, 1.165) is 44.2 Å². The van der Waals surface area contributed by atoms with E-state index in [1.165, 1.54) is 25.0 Å². The summed E-state index contributed by atoms with van der Waals surface area (Å²) in [6, 6.07) is 6.71. The number of rotatable bonds is 4. The highest BCUT2D eigenvalue weighted by molar-refractivity contribution is 5.83. The first-order valence-electron chi connectivity index (χ1n) is 8.75. The maximum absolute atomic E-state index is 13.2. The van der Waals surface area contributed by atoms with Crippen molar-refractivity contribution in [2.24, 2.45) is 0 Å². The Balaban J connectivity index is 1.70. The Labute approximate surface area is 137 Å². The SMILES string of the molecule is CN1CCCC[C@H]1COC(=O)C1(c2ccc(F)cc2)CCCC1. The first-order valence-corrected chi connectivity index (χ1v) is 8.75. The van der Waals surface area contributed by atoms with Crippen LogP contribution in [0.1, 0.15) is 50.5 Å². The number of likely N-dealkylation sites (N-methyl/N-ethyl adjacent to an activating group) is 1. The number of piperidine rings is 1. The molecule has 1 saturated heterocycles. The van der Waals surface area contributed by atoms with E-state index in [1.54, 1.807) is 12.1 Å². The summed E-state index contributed by atoms with van der Waals surface area (Å²) in [5.41, 5.74) is 0.333. The fourth-order valence-corrected chi connectivity index (χ4v) is 4.02. The molecule has 1 aliphatic carbocycles. The third kappa shape index (κ3) is 3.42. The second-order valence-corrected chi connectivity index (χ2v) is 7.02. The van der Waals surface area contributed by atoms with E-state index in [2.05, 4.69) is 11.9 Å². The van der Waals surface area contributed by atoms with Crippen LogP contribution in [-0.2, 0) is 14.9 Å². The summed E-state index contributed by atoms with van der Waals surface area (Å²) in [5, 5.41) is 0. The Kier molecular flexibility index (Phi) is 5.00. The second-order valence-electron chi connectivity index (χ2n) is 7.02. The van der Waals surface area contributed by atoms with Crippen molar-refractivity contribution >= 4 is 5.97 Å². The van der Waals surface area contributed by atoms with E-state index in [0.29, 0.717) is 12.6 Å². The fourth-order valence-electron chi connectivity index (χ4n) is 4.02. The highest BCUT2D eigenvalue weighted by Gasteiger charge is 2.44. The molecule has 2 fully saturated rings. The molecule has 0 spiro atoms. The zero-order valence-corrected chi connectivity index (χ0v) is 13.9. The lowest BCUT2D eigenvalue weighted by molar-refractivity contribution is -0.152. The Morgan fingerprint density at radius 2 is 1.91 bits per heavy atom. The van der Waals surface area contributed by atoms with E-state index in [-0.39, 0.29) is 11.8 Å². The normalized spacial score (nSPS) is 24.5. The van der Waals surface area contributed by atoms with Gasteiger partial charge < -0.3 is 9.64 Å². The summed E-state index contributed by atoms with van der Waals surface area (Å²) in [4.78, 5) is 15.2. The smallest absolute Gasteiger partial charge is 0.316 e. The van der Waals surface area contributed by atoms with Crippen molar-refractivity contribution in [2.75, 3.05) is 20.2 Å². The third-order valence-corrected chi connectivity index (χ3v) is 5.57. The standard InChI is InChI=1S/C19H26FNO2/c1-21-13-5-2-6-17(21)14-23-18(22)19(11-3-4-12-19)15-7-9-16(20)10-8-15/h7-10,17H,2-6,11-14H2,1H3/t17-/m0/s1. The summed E-state index contributed by atoms with van der Waals surface area (Å²) in [7, 11) is 2.10. The minimum Gasteiger partial charge on any atom is -0.463 e. The molecule has 0 bridgehead atoms. The molecule has 23 heavy (non-hydrogen) atoms. The molecule has 3 rings (SSSR count). The number of ether oxygens (including phenoxy) is 1. The van der Waals surface area contributed by atoms with Gasteiger partial charge in [0, 0.05) is 6.04 Å². The van der Waals surface area contributed by atoms with Crippen LogP contribution in [0, 0.1) is 5.82 Å². The summed E-state index contributed by atoms with van der Waals surface area (Å²) in [6.07, 6.45) is 7.17. The molecule has 0 aromatic heterocycles. The van der Waals surface area contributed by atoms with Crippen LogP contribution in [0.15, 0.2) is 24.3 Å². The number of benzene rings is 1. The van der Waals surface area contributed by atoms with Crippen LogP contribution in [0.5, 0.6) is 0 Å². The van der Waals surface area contributed by atoms with E-state index in [9.17, 15) is 9.18 Å². The van der Waals surface area contributed by atoms with Crippen molar-refractivity contribution in [2.45, 2.75) is 56.4 Å². The number of carbonyl (C=O) groups excluding carboxylic acids is 1. The number of hydrogen-bond donors (Lipinski definition) is 0. The van der Waals surface area contributed by atoms with Crippen LogP contribution in [0.25, 0.3) is 0 Å². The maximum atomic E-state index is 13.2. The van der Waals surface area contributed by atoms with Gasteiger partial charge in [0.1, 0.15) is 12.4 Å². The molecule has 0 amide bonds. The van der Waals surface area contributed by atoms with Crippen molar-refractivity contribution in [3.05, 3.63) is 35.6 Å². The molecule has 3 nitrogen and oxygen atoms in total. The Hall–Kier alpha value is -1.42. The Morgan fingerprint density at radius 1 is 1.22 bits per heavy atom. The van der Waals surface area contributed by atoms with Gasteiger partial charge in [-0.2, -0.15) is 0 Å². The molecule has 1 aromatic rings. The van der Waals surface area contributed by atoms with Gasteiger partial charge >= 0.3 is 5.97 Å². The molecule has 0 radical (unpaired) electrons. The molecular formula is C19H26FNO2. The van der Waals surface area contributed by atoms with Gasteiger partial charge in [0.25, 0.3) is 0 Å². The minimum absolute atomic E-state index is 0.124. The van der Waals surface area contributed by atoms with Crippen molar-refractivity contribution < 1.29 is 13.9 Å². The number of carbonyl (C=O) groups is 1. The first-order chi connectivity index (χ1) is 11.1. The topological polar surface area (TPSA) is 29.5 Å². The molecule has 1 saturated carbocycles. The van der Waals surface area contributed by atoms with Crippen molar-refractivity contribution in [3.63, 3.8) is 0 Å². The number of hydrogen-bond acceptors (Lipinski definition) is 3. The maximum Gasteiger partial charge on any atom is 0.316 e. The highest BCUT2D eigenvalue weighted by atomic mass is 19.1. The highest BCUT2D eigenvalue weighted by Crippen LogP contribution is 2.42. The van der Waals surface area contributed by atoms with Crippen molar-refractivity contribution in [3.8, 4) is 0 Å². The van der Waals surface area contributed by atoms with Crippen LogP contribution in [0.3, 0.4) is 0 Å². The Morgan fingerprint density at radius 3 is 2.57 bits per heavy atom. The lowest BCUT2D eigenvalue weighted by Crippen LogP contribution is -2.42. The zero-order valence-electron chi connectivity index (χ0n) is 13.9. The second kappa shape index (κ2) is 7.00. The van der Waals surface area contributed by atoms with E-state index in [1.807, 2.05) is 0 Å². The van der Waals surface area contributed by atoms with Crippen LogP contribution in [0.4, 0.5) is 4.39 Å². The van der Waals surface area contributed by atoms with Gasteiger partial charge in [0.2, 0.25) is 0 Å². The zero-order chi connectivity index (χ0) is 16.3. The molecule has 126 valence electrons. The van der Waals surface area contributed by atoms with Gasteiger partial charge in [-0.15, -0.1) is 0 Å². The fraction of sp³-hybridized carbons (Fsp3) is 0.632. The summed E-state index contributed by atoms with van der Waals surface area (Å²) >= 11 is 0. The molecular weight excluding hydrogens is 293 g/mol. The summed E-state index contributed by atoms with van der Waals surface area (Å²) in [6.45, 7) is 1.55. The molecule has 0 N–H and O–H groups in total. The molecule has 2 aliphatic rings. The predicted octanol–water partition coefficient (Wildman–Crippen LogP) is 3.67. The van der Waals surface area contributed by atoms with E-state index >= 15 is 0 Å². The van der Waals surface area contributed by atoms with Crippen LogP contribution >= 0.6 is 0 Å². The average molecular weight is 319 g/mol.